The predicted octanol–water partition coefficient (Wildman–Crippen LogP) is 1.30. The van der Waals surface area contributed by atoms with Crippen LogP contribution in [-0.4, -0.2) is 29.7 Å². The molecule has 0 aromatic rings. The van der Waals surface area contributed by atoms with Crippen LogP contribution in [0.15, 0.2) is 11.1 Å². The second kappa shape index (κ2) is 6.44. The van der Waals surface area contributed by atoms with Gasteiger partial charge >= 0.3 is 12.0 Å². The van der Waals surface area contributed by atoms with Gasteiger partial charge in [-0.25, -0.2) is 9.59 Å². The maximum absolute atomic E-state index is 11.2. The molecule has 1 atom stereocenters. The average Bonchev–Trinajstić information content (AvgIpc) is 2.09. The first kappa shape index (κ1) is 14.0. The summed E-state index contributed by atoms with van der Waals surface area (Å²) in [6, 6.07) is -1.40. The lowest BCUT2D eigenvalue weighted by Gasteiger charge is -2.18. The monoisotopic (exact) mass is 278 g/mol. The molecule has 0 aliphatic heterocycles. The van der Waals surface area contributed by atoms with E-state index < -0.39 is 18.0 Å². The summed E-state index contributed by atoms with van der Waals surface area (Å²) in [5, 5.41) is 13.6. The lowest BCUT2D eigenvalue weighted by atomic mass is 10.1. The van der Waals surface area contributed by atoms with Crippen LogP contribution in [0.2, 0.25) is 0 Å². The second-order valence-corrected chi connectivity index (χ2v) is 4.53. The van der Waals surface area contributed by atoms with Gasteiger partial charge in [0.25, 0.3) is 0 Å². The van der Waals surface area contributed by atoms with Crippen LogP contribution in [0.5, 0.6) is 0 Å². The highest BCUT2D eigenvalue weighted by molar-refractivity contribution is 9.11. The van der Waals surface area contributed by atoms with Crippen LogP contribution in [0.4, 0.5) is 4.79 Å². The van der Waals surface area contributed by atoms with Crippen molar-refractivity contribution in [3.63, 3.8) is 0 Å². The Bertz CT molecular complexity index is 266. The molecule has 0 aliphatic carbocycles. The molecular weight excluding hydrogens is 264 g/mol. The van der Waals surface area contributed by atoms with Gasteiger partial charge in [-0.1, -0.05) is 36.4 Å². The molecule has 0 saturated carbocycles. The normalized spacial score (nSPS) is 12.0. The van der Waals surface area contributed by atoms with E-state index in [1.165, 1.54) is 0 Å². The third-order valence-electron chi connectivity index (χ3n) is 1.66. The van der Waals surface area contributed by atoms with Crippen molar-refractivity contribution in [1.29, 1.82) is 0 Å². The number of hydrogen-bond acceptors (Lipinski definition) is 2. The van der Waals surface area contributed by atoms with E-state index >= 15 is 0 Å². The highest BCUT2D eigenvalue weighted by Gasteiger charge is 2.22. The van der Waals surface area contributed by atoms with E-state index in [0.29, 0.717) is 4.48 Å². The summed E-state index contributed by atoms with van der Waals surface area (Å²) in [5.41, 5.74) is 0. The fourth-order valence-electron chi connectivity index (χ4n) is 0.882. The first-order valence-electron chi connectivity index (χ1n) is 4.45. The minimum atomic E-state index is -1.04. The van der Waals surface area contributed by atoms with Crippen molar-refractivity contribution >= 4 is 27.9 Å². The molecular formula is C9H15BrN2O3. The van der Waals surface area contributed by atoms with Gasteiger partial charge in [-0.15, -0.1) is 0 Å². The Hall–Kier alpha value is -1.04. The first-order chi connectivity index (χ1) is 6.84. The molecule has 0 unspecified atom stereocenters. The number of urea groups is 1. The van der Waals surface area contributed by atoms with E-state index in [1.54, 1.807) is 13.8 Å². The Kier molecular flexibility index (Phi) is 6.00. The quantitative estimate of drug-likeness (QED) is 0.709. The molecule has 0 spiro atoms. The lowest BCUT2D eigenvalue weighted by molar-refractivity contribution is -0.140. The molecule has 0 bridgehead atoms. The van der Waals surface area contributed by atoms with Crippen LogP contribution >= 0.6 is 15.9 Å². The number of amides is 2. The Balaban J connectivity index is 4.12. The molecule has 3 N–H and O–H groups in total. The minimum absolute atomic E-state index is 0.166. The first-order valence-corrected chi connectivity index (χ1v) is 5.24. The predicted molar refractivity (Wildman–Crippen MR) is 60.9 cm³/mol. The van der Waals surface area contributed by atoms with E-state index in [-0.39, 0.29) is 12.5 Å². The fraction of sp³-hybridized carbons (Fsp3) is 0.556. The van der Waals surface area contributed by atoms with Crippen LogP contribution in [0.1, 0.15) is 13.8 Å². The third-order valence-corrected chi connectivity index (χ3v) is 1.94. The standard InChI is InChI=1S/C9H15BrN2O3/c1-5(2)7(8(13)14)12-9(15)11-4-6(3)10/h5,7H,3-4H2,1-2H3,(H,13,14)(H2,11,12,15)/t7-/m1/s1. The van der Waals surface area contributed by atoms with Crippen molar-refractivity contribution in [2.75, 3.05) is 6.54 Å². The van der Waals surface area contributed by atoms with E-state index in [2.05, 4.69) is 33.1 Å². The smallest absolute Gasteiger partial charge is 0.326 e. The molecule has 0 fully saturated rings. The topological polar surface area (TPSA) is 78.4 Å². The van der Waals surface area contributed by atoms with Gasteiger partial charge in [0.15, 0.2) is 0 Å². The number of hydrogen-bond donors (Lipinski definition) is 3. The van der Waals surface area contributed by atoms with Gasteiger partial charge in [-0.05, 0) is 5.92 Å². The minimum Gasteiger partial charge on any atom is -0.480 e. The summed E-state index contributed by atoms with van der Waals surface area (Å²) in [6.07, 6.45) is 0. The molecule has 6 heteroatoms. The van der Waals surface area contributed by atoms with E-state index in [0.717, 1.165) is 0 Å². The highest BCUT2D eigenvalue weighted by atomic mass is 79.9. The number of aliphatic carboxylic acids is 1. The summed E-state index contributed by atoms with van der Waals surface area (Å²) in [7, 11) is 0. The maximum atomic E-state index is 11.2. The summed E-state index contributed by atoms with van der Waals surface area (Å²) in [4.78, 5) is 22.0. The third kappa shape index (κ3) is 6.11. The van der Waals surface area contributed by atoms with E-state index in [4.69, 9.17) is 5.11 Å². The van der Waals surface area contributed by atoms with Crippen molar-refractivity contribution in [2.45, 2.75) is 19.9 Å². The van der Waals surface area contributed by atoms with Gasteiger partial charge in [0.05, 0.1) is 6.54 Å². The summed E-state index contributed by atoms with van der Waals surface area (Å²) >= 11 is 3.07. The zero-order valence-electron chi connectivity index (χ0n) is 8.71. The fourth-order valence-corrected chi connectivity index (χ4v) is 1.02. The Morgan fingerprint density at radius 3 is 2.33 bits per heavy atom. The van der Waals surface area contributed by atoms with Crippen molar-refractivity contribution in [3.05, 3.63) is 11.1 Å². The molecule has 0 heterocycles. The Morgan fingerprint density at radius 1 is 1.47 bits per heavy atom. The number of carboxylic acids is 1. The Morgan fingerprint density at radius 2 is 2.00 bits per heavy atom. The second-order valence-electron chi connectivity index (χ2n) is 3.40. The van der Waals surface area contributed by atoms with Crippen LogP contribution in [0.3, 0.4) is 0 Å². The molecule has 15 heavy (non-hydrogen) atoms. The molecule has 0 aromatic heterocycles. The van der Waals surface area contributed by atoms with Gasteiger partial charge in [-0.3, -0.25) is 0 Å². The highest BCUT2D eigenvalue weighted by Crippen LogP contribution is 2.01. The SMILES string of the molecule is C=C(Br)CNC(=O)N[C@@H](C(=O)O)C(C)C. The Labute approximate surface area is 97.1 Å². The van der Waals surface area contributed by atoms with Gasteiger partial charge < -0.3 is 15.7 Å². The summed E-state index contributed by atoms with van der Waals surface area (Å²) in [6.45, 7) is 7.24. The average molecular weight is 279 g/mol. The van der Waals surface area contributed by atoms with Crippen molar-refractivity contribution in [1.82, 2.24) is 10.6 Å². The van der Waals surface area contributed by atoms with Gasteiger partial charge in [0, 0.05) is 4.48 Å². The van der Waals surface area contributed by atoms with E-state index in [1.807, 2.05) is 0 Å². The number of carbonyl (C=O) groups is 2. The lowest BCUT2D eigenvalue weighted by Crippen LogP contribution is -2.48. The van der Waals surface area contributed by atoms with Crippen LogP contribution in [-0.2, 0) is 4.79 Å². The summed E-state index contributed by atoms with van der Waals surface area (Å²) < 4.78 is 0.620. The van der Waals surface area contributed by atoms with E-state index in [9.17, 15) is 9.59 Å². The molecule has 0 aliphatic rings. The van der Waals surface area contributed by atoms with Gasteiger partial charge in [-0.2, -0.15) is 0 Å². The molecule has 2 amide bonds. The van der Waals surface area contributed by atoms with Gasteiger partial charge in [0.1, 0.15) is 6.04 Å². The van der Waals surface area contributed by atoms with Crippen molar-refractivity contribution in [2.24, 2.45) is 5.92 Å². The van der Waals surface area contributed by atoms with Crippen molar-refractivity contribution < 1.29 is 14.7 Å². The molecule has 0 rings (SSSR count). The number of halogens is 1. The number of rotatable bonds is 5. The molecule has 0 saturated heterocycles. The van der Waals surface area contributed by atoms with Crippen LogP contribution in [0, 0.1) is 5.92 Å². The maximum Gasteiger partial charge on any atom is 0.326 e. The van der Waals surface area contributed by atoms with Crippen LogP contribution in [0.25, 0.3) is 0 Å². The number of carboxylic acid groups (broad SMARTS) is 1. The van der Waals surface area contributed by atoms with Crippen LogP contribution < -0.4 is 10.6 Å². The molecule has 0 radical (unpaired) electrons. The summed E-state index contributed by atoms with van der Waals surface area (Å²) in [5.74, 6) is -1.21. The molecule has 5 nitrogen and oxygen atoms in total. The number of nitrogens with one attached hydrogen (secondary N) is 2. The zero-order valence-corrected chi connectivity index (χ0v) is 10.3. The number of carbonyl (C=O) groups excluding carboxylic acids is 1. The molecule has 86 valence electrons. The van der Waals surface area contributed by atoms with Gasteiger partial charge in [0.2, 0.25) is 0 Å². The zero-order chi connectivity index (χ0) is 12.0. The molecule has 0 aromatic carbocycles. The largest absolute Gasteiger partial charge is 0.480 e. The van der Waals surface area contributed by atoms with Crippen molar-refractivity contribution in [3.8, 4) is 0 Å².